The van der Waals surface area contributed by atoms with E-state index in [-0.39, 0.29) is 0 Å². The van der Waals surface area contributed by atoms with E-state index >= 15 is 0 Å². The van der Waals surface area contributed by atoms with E-state index in [1.807, 2.05) is 6.07 Å². The van der Waals surface area contributed by atoms with Crippen LogP contribution in [-0.2, 0) is 6.42 Å². The van der Waals surface area contributed by atoms with Gasteiger partial charge in [-0.05, 0) is 18.6 Å². The third kappa shape index (κ3) is 1.68. The highest BCUT2D eigenvalue weighted by Gasteiger charge is 2.11. The number of nitrogens with zero attached hydrogens (tertiary/aromatic N) is 2. The van der Waals surface area contributed by atoms with E-state index < -0.39 is 0 Å². The summed E-state index contributed by atoms with van der Waals surface area (Å²) >= 11 is 1.62. The van der Waals surface area contributed by atoms with Crippen molar-refractivity contribution in [2.24, 2.45) is 0 Å². The predicted molar refractivity (Wildman–Crippen MR) is 71.0 cm³/mol. The van der Waals surface area contributed by atoms with Gasteiger partial charge in [-0.15, -0.1) is 11.3 Å². The van der Waals surface area contributed by atoms with Crippen molar-refractivity contribution < 1.29 is 0 Å². The fraction of sp³-hybridized carbons (Fsp3) is 0.167. The number of hydrogen-bond acceptors (Lipinski definition) is 4. The van der Waals surface area contributed by atoms with Crippen LogP contribution in [0.1, 0.15) is 11.8 Å². The monoisotopic (exact) mass is 244 g/mol. The van der Waals surface area contributed by atoms with Gasteiger partial charge in [-0.25, -0.2) is 4.98 Å². The van der Waals surface area contributed by atoms with Gasteiger partial charge in [0, 0.05) is 11.1 Å². The maximum absolute atomic E-state index is 6.01. The van der Waals surface area contributed by atoms with Crippen LogP contribution in [0.3, 0.4) is 0 Å². The number of aryl methyl sites for hydroxylation is 1. The van der Waals surface area contributed by atoms with Gasteiger partial charge >= 0.3 is 0 Å². The Morgan fingerprint density at radius 3 is 3.06 bits per heavy atom. The number of anilines is 1. The number of thiophene rings is 1. The van der Waals surface area contributed by atoms with Crippen LogP contribution >= 0.6 is 11.3 Å². The zero-order valence-corrected chi connectivity index (χ0v) is 10.2. The quantitative estimate of drug-likeness (QED) is 0.728. The molecule has 0 aromatic carbocycles. The number of H-pyrrole nitrogens is 1. The number of pyridine rings is 1. The van der Waals surface area contributed by atoms with Gasteiger partial charge in [0.05, 0.1) is 27.8 Å². The summed E-state index contributed by atoms with van der Waals surface area (Å²) in [5, 5.41) is 0.814. The number of fused-ring (bicyclic) bond motifs is 1. The largest absolute Gasteiger partial charge is 0.390 e. The Labute approximate surface area is 103 Å². The molecule has 3 aromatic rings. The summed E-state index contributed by atoms with van der Waals surface area (Å²) in [6.45, 7) is 2.12. The van der Waals surface area contributed by atoms with Crippen molar-refractivity contribution in [2.75, 3.05) is 5.73 Å². The van der Waals surface area contributed by atoms with Crippen molar-refractivity contribution in [1.82, 2.24) is 15.0 Å². The second-order valence-electron chi connectivity index (χ2n) is 3.82. The molecule has 0 aliphatic heterocycles. The molecule has 0 amide bonds. The van der Waals surface area contributed by atoms with Crippen molar-refractivity contribution in [3.63, 3.8) is 0 Å². The fourth-order valence-corrected chi connectivity index (χ4v) is 2.67. The molecule has 3 N–H and O–H groups in total. The Morgan fingerprint density at radius 1 is 1.47 bits per heavy atom. The van der Waals surface area contributed by atoms with E-state index in [4.69, 9.17) is 5.73 Å². The van der Waals surface area contributed by atoms with Gasteiger partial charge in [0.2, 0.25) is 0 Å². The molecule has 0 saturated heterocycles. The van der Waals surface area contributed by atoms with E-state index in [1.165, 1.54) is 4.88 Å². The first kappa shape index (κ1) is 10.3. The highest BCUT2D eigenvalue weighted by Crippen LogP contribution is 2.33. The van der Waals surface area contributed by atoms with Gasteiger partial charge in [-0.1, -0.05) is 6.92 Å². The van der Waals surface area contributed by atoms with Crippen LogP contribution in [0.15, 0.2) is 24.5 Å². The van der Waals surface area contributed by atoms with Crippen molar-refractivity contribution in [2.45, 2.75) is 13.3 Å². The van der Waals surface area contributed by atoms with Crippen LogP contribution in [-0.4, -0.2) is 15.0 Å². The molecule has 0 unspecified atom stereocenters. The number of rotatable bonds is 2. The molecule has 0 aliphatic rings. The first-order chi connectivity index (χ1) is 8.28. The molecule has 0 saturated carbocycles. The summed E-state index contributed by atoms with van der Waals surface area (Å²) < 4.78 is 0. The molecule has 0 atom stereocenters. The molecule has 17 heavy (non-hydrogen) atoms. The summed E-state index contributed by atoms with van der Waals surface area (Å²) in [6, 6.07) is 3.99. The number of hydrogen-bond donors (Lipinski definition) is 2. The molecule has 0 fully saturated rings. The van der Waals surface area contributed by atoms with Crippen LogP contribution < -0.4 is 5.73 Å². The second-order valence-corrected chi connectivity index (χ2v) is 4.99. The number of nitrogens with two attached hydrogens (primary N) is 1. The summed E-state index contributed by atoms with van der Waals surface area (Å²) in [7, 11) is 0. The molecule has 3 aromatic heterocycles. The molecule has 0 bridgehead atoms. The normalized spacial score (nSPS) is 11.1. The summed E-state index contributed by atoms with van der Waals surface area (Å²) in [4.78, 5) is 13.1. The molecule has 5 heteroatoms. The first-order valence-electron chi connectivity index (χ1n) is 5.46. The number of aromatic amines is 1. The molecule has 0 radical (unpaired) electrons. The highest BCUT2D eigenvalue weighted by molar-refractivity contribution is 7.16. The Kier molecular flexibility index (Phi) is 2.33. The summed E-state index contributed by atoms with van der Waals surface area (Å²) in [6.07, 6.45) is 4.51. The zero-order valence-electron chi connectivity index (χ0n) is 9.40. The molecule has 3 heterocycles. The lowest BCUT2D eigenvalue weighted by atomic mass is 10.2. The van der Waals surface area contributed by atoms with Crippen LogP contribution in [0.2, 0.25) is 0 Å². The Balaban J connectivity index is 2.16. The van der Waals surface area contributed by atoms with Gasteiger partial charge in [-0.3, -0.25) is 4.98 Å². The van der Waals surface area contributed by atoms with Crippen molar-refractivity contribution in [3.05, 3.63) is 29.4 Å². The first-order valence-corrected chi connectivity index (χ1v) is 6.28. The predicted octanol–water partition coefficient (Wildman–Crippen LogP) is 2.83. The summed E-state index contributed by atoms with van der Waals surface area (Å²) in [5.41, 5.74) is 8.85. The lowest BCUT2D eigenvalue weighted by Gasteiger charge is -1.92. The topological polar surface area (TPSA) is 67.6 Å². The average molecular weight is 244 g/mol. The second kappa shape index (κ2) is 3.85. The van der Waals surface area contributed by atoms with Crippen LogP contribution in [0, 0.1) is 0 Å². The smallest absolute Gasteiger partial charge is 0.141 e. The summed E-state index contributed by atoms with van der Waals surface area (Å²) in [5.74, 6) is 0.821. The maximum atomic E-state index is 6.01. The van der Waals surface area contributed by atoms with Gasteiger partial charge in [0.25, 0.3) is 0 Å². The van der Waals surface area contributed by atoms with E-state index in [1.54, 1.807) is 23.7 Å². The van der Waals surface area contributed by atoms with Crippen molar-refractivity contribution in [3.8, 4) is 11.4 Å². The van der Waals surface area contributed by atoms with Crippen molar-refractivity contribution >= 4 is 27.4 Å². The molecule has 86 valence electrons. The molecule has 3 rings (SSSR count). The Hall–Kier alpha value is -1.88. The van der Waals surface area contributed by atoms with E-state index in [2.05, 4.69) is 27.9 Å². The van der Waals surface area contributed by atoms with E-state index in [0.717, 1.165) is 33.8 Å². The third-order valence-corrected chi connectivity index (χ3v) is 3.81. The van der Waals surface area contributed by atoms with Crippen molar-refractivity contribution in [1.29, 1.82) is 0 Å². The Morgan fingerprint density at radius 2 is 2.35 bits per heavy atom. The van der Waals surface area contributed by atoms with Crippen LogP contribution in [0.25, 0.3) is 22.4 Å². The van der Waals surface area contributed by atoms with Crippen LogP contribution in [0.5, 0.6) is 0 Å². The van der Waals surface area contributed by atoms with Gasteiger partial charge < -0.3 is 10.7 Å². The minimum absolute atomic E-state index is 0.814. The molecule has 0 aliphatic carbocycles. The number of aromatic nitrogens is 3. The van der Waals surface area contributed by atoms with E-state index in [9.17, 15) is 0 Å². The number of imidazole rings is 1. The SMILES string of the molecule is CCc1cc(-c2nc3ccncc3[nH]2)c(N)s1. The van der Waals surface area contributed by atoms with E-state index in [0.29, 0.717) is 0 Å². The lowest BCUT2D eigenvalue weighted by Crippen LogP contribution is -1.84. The standard InChI is InChI=1S/C12H12N4S/c1-2-7-5-8(11(13)17-7)12-15-9-3-4-14-6-10(9)16-12/h3-6H,2,13H2,1H3,(H,15,16). The molecular weight excluding hydrogens is 232 g/mol. The highest BCUT2D eigenvalue weighted by atomic mass is 32.1. The molecule has 0 spiro atoms. The molecular formula is C12H12N4S. The fourth-order valence-electron chi connectivity index (χ4n) is 1.80. The lowest BCUT2D eigenvalue weighted by molar-refractivity contribution is 1.18. The van der Waals surface area contributed by atoms with Crippen LogP contribution in [0.4, 0.5) is 5.00 Å². The number of nitrogen functional groups attached to an aromatic ring is 1. The van der Waals surface area contributed by atoms with Gasteiger partial charge in [0.1, 0.15) is 5.82 Å². The minimum Gasteiger partial charge on any atom is -0.390 e. The average Bonchev–Trinajstić information content (AvgIpc) is 2.91. The maximum Gasteiger partial charge on any atom is 0.141 e. The zero-order chi connectivity index (χ0) is 11.8. The molecule has 4 nitrogen and oxygen atoms in total. The minimum atomic E-state index is 0.814. The van der Waals surface area contributed by atoms with Gasteiger partial charge in [-0.2, -0.15) is 0 Å². The third-order valence-electron chi connectivity index (χ3n) is 2.70. The van der Waals surface area contributed by atoms with Gasteiger partial charge in [0.15, 0.2) is 0 Å². The Bertz CT molecular complexity index is 635. The number of nitrogens with one attached hydrogen (secondary N) is 1.